The molecule has 0 aliphatic carbocycles. The number of rotatable bonds is 3. The molecule has 94 valence electrons. The topological polar surface area (TPSA) is 71.6 Å². The number of ether oxygens (including phenoxy) is 2. The van der Waals surface area contributed by atoms with E-state index in [1.165, 1.54) is 0 Å². The van der Waals surface area contributed by atoms with Crippen LogP contribution in [0, 0.1) is 0 Å². The molecule has 3 N–H and O–H groups in total. The Bertz CT molecular complexity index is 222. The molecule has 16 heavy (non-hydrogen) atoms. The molecule has 1 aliphatic heterocycles. The monoisotopic (exact) mass is 231 g/mol. The lowest BCUT2D eigenvalue weighted by molar-refractivity contribution is 0.0231. The number of hydrazine groups is 1. The lowest BCUT2D eigenvalue weighted by atomic mass is 10.2. The van der Waals surface area contributed by atoms with E-state index in [9.17, 15) is 4.79 Å². The molecule has 1 amide bonds. The molecule has 0 aromatic rings. The summed E-state index contributed by atoms with van der Waals surface area (Å²) in [6, 6.07) is 0. The fraction of sp³-hybridized carbons (Fsp3) is 0.900. The van der Waals surface area contributed by atoms with E-state index in [2.05, 4.69) is 16.2 Å². The van der Waals surface area contributed by atoms with Gasteiger partial charge in [0.25, 0.3) is 0 Å². The molecule has 1 rings (SSSR count). The first-order chi connectivity index (χ1) is 7.47. The summed E-state index contributed by atoms with van der Waals surface area (Å²) in [7, 11) is 0. The zero-order chi connectivity index (χ0) is 12.0. The van der Waals surface area contributed by atoms with Crippen LogP contribution in [0.1, 0.15) is 20.8 Å². The molecule has 0 radical (unpaired) electrons. The Labute approximate surface area is 96.0 Å². The summed E-state index contributed by atoms with van der Waals surface area (Å²) in [4.78, 5) is 11.2. The number of amides is 1. The van der Waals surface area contributed by atoms with Crippen molar-refractivity contribution < 1.29 is 14.3 Å². The predicted molar refractivity (Wildman–Crippen MR) is 60.0 cm³/mol. The molecule has 1 unspecified atom stereocenters. The van der Waals surface area contributed by atoms with Gasteiger partial charge in [0.05, 0.1) is 12.7 Å². The standard InChI is InChI=1S/C10H21N3O3/c1-10(2,3)16-9(14)13-12-7-8-6-11-4-5-15-8/h8,11-12H,4-7H2,1-3H3,(H,13,14). The maximum absolute atomic E-state index is 11.2. The van der Waals surface area contributed by atoms with Gasteiger partial charge in [-0.15, -0.1) is 0 Å². The van der Waals surface area contributed by atoms with Gasteiger partial charge in [0, 0.05) is 19.6 Å². The lowest BCUT2D eigenvalue weighted by Crippen LogP contribution is -2.49. The molecule has 1 heterocycles. The Morgan fingerprint density at radius 2 is 2.31 bits per heavy atom. The molecular weight excluding hydrogens is 210 g/mol. The first kappa shape index (κ1) is 13.2. The summed E-state index contributed by atoms with van der Waals surface area (Å²) in [5.41, 5.74) is 4.78. The van der Waals surface area contributed by atoms with Gasteiger partial charge in [-0.25, -0.2) is 10.2 Å². The SMILES string of the molecule is CC(C)(C)OC(=O)NNCC1CNCCO1. The van der Waals surface area contributed by atoms with Crippen LogP contribution in [0.4, 0.5) is 4.79 Å². The number of nitrogens with one attached hydrogen (secondary N) is 3. The van der Waals surface area contributed by atoms with E-state index in [-0.39, 0.29) is 6.10 Å². The molecular formula is C10H21N3O3. The third kappa shape index (κ3) is 5.89. The van der Waals surface area contributed by atoms with Crippen LogP contribution in [-0.4, -0.2) is 44.0 Å². The van der Waals surface area contributed by atoms with Crippen LogP contribution in [0.15, 0.2) is 0 Å². The van der Waals surface area contributed by atoms with Gasteiger partial charge in [0.2, 0.25) is 0 Å². The van der Waals surface area contributed by atoms with Gasteiger partial charge in [0.1, 0.15) is 5.60 Å². The Morgan fingerprint density at radius 3 is 2.88 bits per heavy atom. The Kier molecular flexibility index (Phi) is 4.98. The van der Waals surface area contributed by atoms with Crippen LogP contribution < -0.4 is 16.2 Å². The van der Waals surface area contributed by atoms with E-state index in [0.717, 1.165) is 13.1 Å². The summed E-state index contributed by atoms with van der Waals surface area (Å²) in [6.45, 7) is 8.41. The van der Waals surface area contributed by atoms with Crippen LogP contribution in [0.3, 0.4) is 0 Å². The van der Waals surface area contributed by atoms with Gasteiger partial charge in [-0.3, -0.25) is 5.43 Å². The van der Waals surface area contributed by atoms with Crippen LogP contribution >= 0.6 is 0 Å². The fourth-order valence-electron chi connectivity index (χ4n) is 1.29. The van der Waals surface area contributed by atoms with Gasteiger partial charge < -0.3 is 14.8 Å². The van der Waals surface area contributed by atoms with Crippen molar-refractivity contribution in [1.29, 1.82) is 0 Å². The number of hydrogen-bond donors (Lipinski definition) is 3. The number of morpholine rings is 1. The van der Waals surface area contributed by atoms with Crippen molar-refractivity contribution in [3.8, 4) is 0 Å². The maximum atomic E-state index is 11.2. The van der Waals surface area contributed by atoms with E-state index >= 15 is 0 Å². The van der Waals surface area contributed by atoms with E-state index < -0.39 is 11.7 Å². The molecule has 0 aromatic carbocycles. The summed E-state index contributed by atoms with van der Waals surface area (Å²) in [5, 5.41) is 3.20. The van der Waals surface area contributed by atoms with Crippen molar-refractivity contribution in [2.75, 3.05) is 26.2 Å². The largest absolute Gasteiger partial charge is 0.443 e. The molecule has 1 aliphatic rings. The minimum absolute atomic E-state index is 0.0867. The van der Waals surface area contributed by atoms with Crippen LogP contribution in [-0.2, 0) is 9.47 Å². The van der Waals surface area contributed by atoms with E-state index in [1.807, 2.05) is 20.8 Å². The minimum atomic E-state index is -0.478. The molecule has 0 saturated carbocycles. The van der Waals surface area contributed by atoms with Gasteiger partial charge >= 0.3 is 6.09 Å². The first-order valence-electron chi connectivity index (χ1n) is 5.51. The lowest BCUT2D eigenvalue weighted by Gasteiger charge is -2.24. The van der Waals surface area contributed by atoms with Crippen molar-refractivity contribution in [2.45, 2.75) is 32.5 Å². The van der Waals surface area contributed by atoms with Crippen LogP contribution in [0.2, 0.25) is 0 Å². The zero-order valence-electron chi connectivity index (χ0n) is 10.1. The molecule has 0 spiro atoms. The number of carbonyl (C=O) groups is 1. The molecule has 1 fully saturated rings. The third-order valence-electron chi connectivity index (χ3n) is 1.92. The minimum Gasteiger partial charge on any atom is -0.443 e. The normalized spacial score (nSPS) is 21.6. The van der Waals surface area contributed by atoms with Gasteiger partial charge in [0.15, 0.2) is 0 Å². The summed E-state index contributed by atoms with van der Waals surface area (Å²) in [6.07, 6.45) is -0.389. The smallest absolute Gasteiger partial charge is 0.422 e. The van der Waals surface area contributed by atoms with Crippen molar-refractivity contribution in [3.05, 3.63) is 0 Å². The second kappa shape index (κ2) is 6.03. The number of hydrogen-bond acceptors (Lipinski definition) is 5. The third-order valence-corrected chi connectivity index (χ3v) is 1.92. The maximum Gasteiger partial charge on any atom is 0.422 e. The van der Waals surface area contributed by atoms with E-state index in [4.69, 9.17) is 9.47 Å². The highest BCUT2D eigenvalue weighted by Crippen LogP contribution is 2.05. The number of carbonyl (C=O) groups excluding carboxylic acids is 1. The van der Waals surface area contributed by atoms with Gasteiger partial charge in [-0.2, -0.15) is 0 Å². The fourth-order valence-corrected chi connectivity index (χ4v) is 1.29. The van der Waals surface area contributed by atoms with Crippen molar-refractivity contribution in [1.82, 2.24) is 16.2 Å². The van der Waals surface area contributed by atoms with Crippen molar-refractivity contribution in [3.63, 3.8) is 0 Å². The van der Waals surface area contributed by atoms with E-state index in [1.54, 1.807) is 0 Å². The summed E-state index contributed by atoms with van der Waals surface area (Å²) < 4.78 is 10.5. The summed E-state index contributed by atoms with van der Waals surface area (Å²) in [5.74, 6) is 0. The highest BCUT2D eigenvalue weighted by molar-refractivity contribution is 5.66. The quantitative estimate of drug-likeness (QED) is 0.597. The highest BCUT2D eigenvalue weighted by atomic mass is 16.6. The zero-order valence-corrected chi connectivity index (χ0v) is 10.1. The molecule has 0 bridgehead atoms. The second-order valence-electron chi connectivity index (χ2n) is 4.70. The van der Waals surface area contributed by atoms with Crippen LogP contribution in [0.5, 0.6) is 0 Å². The van der Waals surface area contributed by atoms with Crippen LogP contribution in [0.25, 0.3) is 0 Å². The summed E-state index contributed by atoms with van der Waals surface area (Å²) >= 11 is 0. The predicted octanol–water partition coefficient (Wildman–Crippen LogP) is 0.00410. The van der Waals surface area contributed by atoms with E-state index in [0.29, 0.717) is 13.2 Å². The van der Waals surface area contributed by atoms with Crippen molar-refractivity contribution in [2.24, 2.45) is 0 Å². The average Bonchev–Trinajstić information content (AvgIpc) is 2.16. The Balaban J connectivity index is 2.08. The highest BCUT2D eigenvalue weighted by Gasteiger charge is 2.17. The molecule has 6 nitrogen and oxygen atoms in total. The van der Waals surface area contributed by atoms with Gasteiger partial charge in [-0.05, 0) is 20.8 Å². The molecule has 1 saturated heterocycles. The molecule has 6 heteroatoms. The Morgan fingerprint density at radius 1 is 1.56 bits per heavy atom. The molecule has 0 aromatic heterocycles. The van der Waals surface area contributed by atoms with Gasteiger partial charge in [-0.1, -0.05) is 0 Å². The first-order valence-corrected chi connectivity index (χ1v) is 5.51. The Hall–Kier alpha value is -0.850. The van der Waals surface area contributed by atoms with Crippen molar-refractivity contribution >= 4 is 6.09 Å². The second-order valence-corrected chi connectivity index (χ2v) is 4.70. The molecule has 1 atom stereocenters. The average molecular weight is 231 g/mol.